The van der Waals surface area contributed by atoms with Crippen molar-refractivity contribution in [3.8, 4) is 17.0 Å². The molecule has 0 amide bonds. The summed E-state index contributed by atoms with van der Waals surface area (Å²) in [5.41, 5.74) is 2.27. The van der Waals surface area contributed by atoms with Gasteiger partial charge in [-0.1, -0.05) is 0 Å². The van der Waals surface area contributed by atoms with E-state index in [0.29, 0.717) is 22.9 Å². The maximum Gasteiger partial charge on any atom is 0.258 e. The van der Waals surface area contributed by atoms with Crippen LogP contribution in [0.3, 0.4) is 0 Å². The van der Waals surface area contributed by atoms with Gasteiger partial charge >= 0.3 is 0 Å². The molecule has 6 nitrogen and oxygen atoms in total. The van der Waals surface area contributed by atoms with Crippen LogP contribution in [0.1, 0.15) is 6.42 Å². The van der Waals surface area contributed by atoms with Crippen LogP contribution >= 0.6 is 0 Å². The number of aromatic nitrogens is 2. The Kier molecular flexibility index (Phi) is 4.77. The molecule has 1 fully saturated rings. The number of anilines is 1. The zero-order valence-corrected chi connectivity index (χ0v) is 16.2. The van der Waals surface area contributed by atoms with E-state index in [1.165, 1.54) is 29.7 Å². The van der Waals surface area contributed by atoms with Gasteiger partial charge < -0.3 is 14.5 Å². The Morgan fingerprint density at radius 3 is 2.75 bits per heavy atom. The number of halogens is 1. The van der Waals surface area contributed by atoms with Crippen molar-refractivity contribution in [3.05, 3.63) is 58.8 Å². The lowest BCUT2D eigenvalue weighted by Crippen LogP contribution is -2.34. The Labute approximate surface area is 162 Å². The molecular formula is C21H23FN4O2. The van der Waals surface area contributed by atoms with Crippen LogP contribution in [-0.4, -0.2) is 54.6 Å². The van der Waals surface area contributed by atoms with E-state index in [1.807, 2.05) is 18.3 Å². The lowest BCUT2D eigenvalue weighted by atomic mass is 10.1. The summed E-state index contributed by atoms with van der Waals surface area (Å²) >= 11 is 0. The molecule has 0 N–H and O–H groups in total. The topological polar surface area (TPSA) is 50.1 Å². The SMILES string of the molecule is COc1ccc(-c2cc(=O)n3cc(N(C)[C@@H]4CCN(C)C4)ccc3n2)cc1F. The van der Waals surface area contributed by atoms with Crippen LogP contribution in [0.2, 0.25) is 0 Å². The zero-order valence-electron chi connectivity index (χ0n) is 16.2. The van der Waals surface area contributed by atoms with Crippen molar-refractivity contribution >= 4 is 11.3 Å². The Hall–Kier alpha value is -2.93. The largest absolute Gasteiger partial charge is 0.494 e. The monoisotopic (exact) mass is 382 g/mol. The molecule has 146 valence electrons. The normalized spacial score (nSPS) is 17.2. The van der Waals surface area contributed by atoms with Crippen LogP contribution in [0.15, 0.2) is 47.4 Å². The Morgan fingerprint density at radius 1 is 1.25 bits per heavy atom. The fourth-order valence-electron chi connectivity index (χ4n) is 3.71. The Bertz CT molecular complexity index is 1080. The Balaban J connectivity index is 1.70. The maximum absolute atomic E-state index is 14.0. The van der Waals surface area contributed by atoms with E-state index in [1.54, 1.807) is 6.07 Å². The standard InChI is InChI=1S/C21H23FN4O2/c1-24-9-8-16(12-24)25(2)15-5-7-20-23-18(11-21(27)26(20)13-15)14-4-6-19(28-3)17(22)10-14/h4-7,10-11,13,16H,8-9,12H2,1-3H3/t16-/m1/s1. The summed E-state index contributed by atoms with van der Waals surface area (Å²) in [4.78, 5) is 21.8. The molecule has 0 unspecified atom stereocenters. The second kappa shape index (κ2) is 7.24. The van der Waals surface area contributed by atoms with E-state index < -0.39 is 5.82 Å². The molecule has 1 saturated heterocycles. The van der Waals surface area contributed by atoms with Gasteiger partial charge in [-0.3, -0.25) is 9.20 Å². The van der Waals surface area contributed by atoms with Gasteiger partial charge in [-0.05, 0) is 50.3 Å². The number of fused-ring (bicyclic) bond motifs is 1. The third kappa shape index (κ3) is 3.33. The number of benzene rings is 1. The van der Waals surface area contributed by atoms with E-state index in [0.717, 1.165) is 25.2 Å². The minimum atomic E-state index is -0.486. The van der Waals surface area contributed by atoms with Gasteiger partial charge in [0.25, 0.3) is 5.56 Å². The molecule has 0 saturated carbocycles. The number of nitrogens with zero attached hydrogens (tertiary/aromatic N) is 4. The van der Waals surface area contributed by atoms with Crippen molar-refractivity contribution in [2.24, 2.45) is 0 Å². The highest BCUT2D eigenvalue weighted by molar-refractivity contribution is 5.63. The van der Waals surface area contributed by atoms with Gasteiger partial charge in [0.05, 0.1) is 18.5 Å². The number of hydrogen-bond donors (Lipinski definition) is 0. The molecule has 4 rings (SSSR count). The number of rotatable bonds is 4. The minimum Gasteiger partial charge on any atom is -0.494 e. The average Bonchev–Trinajstić information content (AvgIpc) is 3.13. The Morgan fingerprint density at radius 2 is 2.07 bits per heavy atom. The fourth-order valence-corrected chi connectivity index (χ4v) is 3.71. The summed E-state index contributed by atoms with van der Waals surface area (Å²) in [5.74, 6) is -0.327. The first-order valence-corrected chi connectivity index (χ1v) is 9.25. The highest BCUT2D eigenvalue weighted by atomic mass is 19.1. The highest BCUT2D eigenvalue weighted by Gasteiger charge is 2.23. The fraction of sp³-hybridized carbons (Fsp3) is 0.333. The average molecular weight is 382 g/mol. The van der Waals surface area contributed by atoms with Gasteiger partial charge in [-0.25, -0.2) is 9.37 Å². The van der Waals surface area contributed by atoms with Gasteiger partial charge in [-0.2, -0.15) is 0 Å². The minimum absolute atomic E-state index is 0.159. The lowest BCUT2D eigenvalue weighted by Gasteiger charge is -2.26. The predicted octanol–water partition coefficient (Wildman–Crippen LogP) is 2.65. The first-order chi connectivity index (χ1) is 13.5. The molecule has 1 atom stereocenters. The lowest BCUT2D eigenvalue weighted by molar-refractivity contribution is 0.386. The van der Waals surface area contributed by atoms with Crippen molar-refractivity contribution in [3.63, 3.8) is 0 Å². The number of likely N-dealkylation sites (tertiary alicyclic amines) is 1. The summed E-state index contributed by atoms with van der Waals surface area (Å²) in [6.45, 7) is 2.08. The second-order valence-electron chi connectivity index (χ2n) is 7.26. The third-order valence-electron chi connectivity index (χ3n) is 5.41. The van der Waals surface area contributed by atoms with E-state index in [4.69, 9.17) is 4.74 Å². The number of likely N-dealkylation sites (N-methyl/N-ethyl adjacent to an activating group) is 2. The molecule has 3 aromatic rings. The molecule has 1 aromatic carbocycles. The molecule has 0 bridgehead atoms. The van der Waals surface area contributed by atoms with Crippen molar-refractivity contribution in [2.75, 3.05) is 39.2 Å². The van der Waals surface area contributed by atoms with Gasteiger partial charge in [0.1, 0.15) is 5.65 Å². The summed E-state index contributed by atoms with van der Waals surface area (Å²) < 4.78 is 20.5. The predicted molar refractivity (Wildman–Crippen MR) is 108 cm³/mol. The quantitative estimate of drug-likeness (QED) is 0.694. The van der Waals surface area contributed by atoms with Crippen LogP contribution in [0.4, 0.5) is 10.1 Å². The zero-order chi connectivity index (χ0) is 19.8. The number of ether oxygens (including phenoxy) is 1. The molecule has 3 heterocycles. The van der Waals surface area contributed by atoms with Crippen LogP contribution in [0.5, 0.6) is 5.75 Å². The molecule has 28 heavy (non-hydrogen) atoms. The van der Waals surface area contributed by atoms with Crippen molar-refractivity contribution in [1.29, 1.82) is 0 Å². The van der Waals surface area contributed by atoms with Crippen LogP contribution in [-0.2, 0) is 0 Å². The van der Waals surface area contributed by atoms with Crippen LogP contribution in [0.25, 0.3) is 16.9 Å². The maximum atomic E-state index is 14.0. The summed E-state index contributed by atoms with van der Waals surface area (Å²) in [5, 5.41) is 0. The smallest absolute Gasteiger partial charge is 0.258 e. The van der Waals surface area contributed by atoms with Gasteiger partial charge in [0.2, 0.25) is 0 Å². The van der Waals surface area contributed by atoms with Crippen molar-refractivity contribution < 1.29 is 9.13 Å². The summed E-state index contributed by atoms with van der Waals surface area (Å²) in [6, 6.07) is 10.2. The van der Waals surface area contributed by atoms with Crippen molar-refractivity contribution in [2.45, 2.75) is 12.5 Å². The molecule has 0 radical (unpaired) electrons. The summed E-state index contributed by atoms with van der Waals surface area (Å²) in [6.07, 6.45) is 2.92. The van der Waals surface area contributed by atoms with Crippen LogP contribution < -0.4 is 15.2 Å². The highest BCUT2D eigenvalue weighted by Crippen LogP contribution is 2.25. The van der Waals surface area contributed by atoms with Crippen molar-refractivity contribution in [1.82, 2.24) is 14.3 Å². The first kappa shape index (κ1) is 18.4. The molecule has 7 heteroatoms. The van der Waals surface area contributed by atoms with Gasteiger partial charge in [0, 0.05) is 37.5 Å². The molecular weight excluding hydrogens is 359 g/mol. The molecule has 0 spiro atoms. The van der Waals surface area contributed by atoms with E-state index in [9.17, 15) is 9.18 Å². The number of methoxy groups -OCH3 is 1. The number of hydrogen-bond acceptors (Lipinski definition) is 5. The third-order valence-corrected chi connectivity index (χ3v) is 5.41. The van der Waals surface area contributed by atoms with E-state index in [2.05, 4.69) is 28.9 Å². The first-order valence-electron chi connectivity index (χ1n) is 9.25. The van der Waals surface area contributed by atoms with E-state index in [-0.39, 0.29) is 11.3 Å². The van der Waals surface area contributed by atoms with E-state index >= 15 is 0 Å². The molecule has 1 aliphatic rings. The van der Waals surface area contributed by atoms with Gasteiger partial charge in [0.15, 0.2) is 11.6 Å². The molecule has 0 aliphatic carbocycles. The van der Waals surface area contributed by atoms with Gasteiger partial charge in [-0.15, -0.1) is 0 Å². The second-order valence-corrected chi connectivity index (χ2v) is 7.26. The number of pyridine rings is 1. The molecule has 2 aromatic heterocycles. The summed E-state index contributed by atoms with van der Waals surface area (Å²) in [7, 11) is 5.58. The molecule has 1 aliphatic heterocycles. The van der Waals surface area contributed by atoms with Crippen LogP contribution in [0, 0.1) is 5.82 Å².